The molecule has 1 aromatic heterocycles. The molecule has 0 aliphatic heterocycles. The van der Waals surface area contributed by atoms with Gasteiger partial charge in [-0.15, -0.1) is 0 Å². The van der Waals surface area contributed by atoms with Gasteiger partial charge in [-0.1, -0.05) is 6.07 Å². The van der Waals surface area contributed by atoms with E-state index in [1.165, 1.54) is 18.2 Å². The molecule has 5 heteroatoms. The lowest BCUT2D eigenvalue weighted by Crippen LogP contribution is -2.20. The molecular formula is C15H14FNO3. The maximum absolute atomic E-state index is 12.9. The Kier molecular flexibility index (Phi) is 3.98. The van der Waals surface area contributed by atoms with Crippen LogP contribution in [-0.4, -0.2) is 11.0 Å². The van der Waals surface area contributed by atoms with Crippen LogP contribution in [0, 0.1) is 19.7 Å². The predicted octanol–water partition coefficient (Wildman–Crippen LogP) is 2.49. The van der Waals surface area contributed by atoms with Crippen molar-refractivity contribution in [2.75, 3.05) is 0 Å². The Morgan fingerprint density at radius 3 is 2.65 bits per heavy atom. The first-order valence-electron chi connectivity index (χ1n) is 6.09. The smallest absolute Gasteiger partial charge is 0.344 e. The summed E-state index contributed by atoms with van der Waals surface area (Å²) in [6.07, 6.45) is 0. The molecule has 0 unspecified atom stereocenters. The van der Waals surface area contributed by atoms with Crippen LogP contribution in [0.25, 0.3) is 0 Å². The second-order valence-electron chi connectivity index (χ2n) is 4.53. The van der Waals surface area contributed by atoms with Crippen LogP contribution < -0.4 is 5.56 Å². The standard InChI is InChI=1S/C15H14FNO3/c1-9-7-12(16)5-4-11(9)8-20-15(19)13-6-3-10(2)17-14(13)18/h3-7H,8H2,1-2H3,(H,17,18). The average molecular weight is 275 g/mol. The molecule has 1 N–H and O–H groups in total. The van der Waals surface area contributed by atoms with Gasteiger partial charge in [0.25, 0.3) is 5.56 Å². The average Bonchev–Trinajstić information content (AvgIpc) is 2.37. The SMILES string of the molecule is Cc1ccc(C(=O)OCc2ccc(F)cc2C)c(=O)[nH]1. The lowest BCUT2D eigenvalue weighted by atomic mass is 10.1. The van der Waals surface area contributed by atoms with Gasteiger partial charge in [0.15, 0.2) is 0 Å². The molecule has 0 fully saturated rings. The van der Waals surface area contributed by atoms with Gasteiger partial charge < -0.3 is 9.72 Å². The van der Waals surface area contributed by atoms with Crippen molar-refractivity contribution >= 4 is 5.97 Å². The van der Waals surface area contributed by atoms with Crippen molar-refractivity contribution in [2.24, 2.45) is 0 Å². The zero-order valence-electron chi connectivity index (χ0n) is 11.2. The first kappa shape index (κ1) is 14.0. The van der Waals surface area contributed by atoms with Crippen molar-refractivity contribution in [3.63, 3.8) is 0 Å². The van der Waals surface area contributed by atoms with E-state index in [0.717, 1.165) is 0 Å². The highest BCUT2D eigenvalue weighted by molar-refractivity contribution is 5.88. The second-order valence-corrected chi connectivity index (χ2v) is 4.53. The summed E-state index contributed by atoms with van der Waals surface area (Å²) < 4.78 is 18.0. The third-order valence-electron chi connectivity index (χ3n) is 2.94. The monoisotopic (exact) mass is 275 g/mol. The van der Waals surface area contributed by atoms with Crippen LogP contribution in [0.2, 0.25) is 0 Å². The van der Waals surface area contributed by atoms with E-state index in [4.69, 9.17) is 4.74 Å². The summed E-state index contributed by atoms with van der Waals surface area (Å²) in [5, 5.41) is 0. The minimum Gasteiger partial charge on any atom is -0.457 e. The number of aromatic amines is 1. The topological polar surface area (TPSA) is 59.2 Å². The van der Waals surface area contributed by atoms with Crippen LogP contribution in [0.3, 0.4) is 0 Å². The van der Waals surface area contributed by atoms with E-state index in [1.807, 2.05) is 0 Å². The van der Waals surface area contributed by atoms with Gasteiger partial charge in [-0.3, -0.25) is 4.79 Å². The molecule has 0 saturated carbocycles. The summed E-state index contributed by atoms with van der Waals surface area (Å²) in [7, 11) is 0. The van der Waals surface area contributed by atoms with Crippen molar-refractivity contribution in [3.05, 3.63) is 68.9 Å². The Morgan fingerprint density at radius 2 is 2.00 bits per heavy atom. The minimum absolute atomic E-state index is 0.00172. The van der Waals surface area contributed by atoms with Crippen LogP contribution in [0.4, 0.5) is 4.39 Å². The minimum atomic E-state index is -0.699. The summed E-state index contributed by atoms with van der Waals surface area (Å²) in [4.78, 5) is 25.9. The Hall–Kier alpha value is -2.43. The quantitative estimate of drug-likeness (QED) is 0.875. The molecule has 0 bridgehead atoms. The van der Waals surface area contributed by atoms with Gasteiger partial charge in [0.1, 0.15) is 18.0 Å². The van der Waals surface area contributed by atoms with Gasteiger partial charge in [-0.05, 0) is 49.2 Å². The molecule has 0 amide bonds. The van der Waals surface area contributed by atoms with Crippen LogP contribution in [0.5, 0.6) is 0 Å². The number of pyridine rings is 1. The number of hydrogen-bond donors (Lipinski definition) is 1. The molecular weight excluding hydrogens is 261 g/mol. The van der Waals surface area contributed by atoms with Gasteiger partial charge in [0, 0.05) is 5.69 Å². The number of ether oxygens (including phenoxy) is 1. The number of carbonyl (C=O) groups is 1. The molecule has 4 nitrogen and oxygen atoms in total. The van der Waals surface area contributed by atoms with Crippen molar-refractivity contribution in [1.29, 1.82) is 0 Å². The Labute approximate surface area is 115 Å². The fourth-order valence-electron chi connectivity index (χ4n) is 1.78. The Balaban J connectivity index is 2.10. The molecule has 0 atom stereocenters. The summed E-state index contributed by atoms with van der Waals surface area (Å²) in [6.45, 7) is 3.45. The highest BCUT2D eigenvalue weighted by atomic mass is 19.1. The number of H-pyrrole nitrogens is 1. The van der Waals surface area contributed by atoms with Gasteiger partial charge >= 0.3 is 5.97 Å². The normalized spacial score (nSPS) is 10.3. The summed E-state index contributed by atoms with van der Waals surface area (Å²) in [6, 6.07) is 7.27. The molecule has 0 saturated heterocycles. The fourth-order valence-corrected chi connectivity index (χ4v) is 1.78. The number of benzene rings is 1. The first-order valence-corrected chi connectivity index (χ1v) is 6.09. The first-order chi connectivity index (χ1) is 9.47. The number of esters is 1. The zero-order chi connectivity index (χ0) is 14.7. The highest BCUT2D eigenvalue weighted by Gasteiger charge is 2.12. The van der Waals surface area contributed by atoms with E-state index in [0.29, 0.717) is 16.8 Å². The maximum atomic E-state index is 12.9. The predicted molar refractivity (Wildman–Crippen MR) is 72.1 cm³/mol. The maximum Gasteiger partial charge on any atom is 0.344 e. The number of hydrogen-bond acceptors (Lipinski definition) is 3. The number of halogens is 1. The number of rotatable bonds is 3. The molecule has 104 valence electrons. The summed E-state index contributed by atoms with van der Waals surface area (Å²) in [5.41, 5.74) is 1.53. The Morgan fingerprint density at radius 1 is 1.25 bits per heavy atom. The molecule has 1 aromatic carbocycles. The Bertz CT molecular complexity index is 707. The number of nitrogens with one attached hydrogen (secondary N) is 1. The summed E-state index contributed by atoms with van der Waals surface area (Å²) >= 11 is 0. The van der Waals surface area contributed by atoms with Crippen molar-refractivity contribution in [3.8, 4) is 0 Å². The molecule has 0 spiro atoms. The van der Waals surface area contributed by atoms with Gasteiger partial charge in [-0.2, -0.15) is 0 Å². The van der Waals surface area contributed by atoms with E-state index >= 15 is 0 Å². The largest absolute Gasteiger partial charge is 0.457 e. The second kappa shape index (κ2) is 5.69. The van der Waals surface area contributed by atoms with Crippen molar-refractivity contribution < 1.29 is 13.9 Å². The number of carbonyl (C=O) groups excluding carboxylic acids is 1. The van der Waals surface area contributed by atoms with E-state index in [-0.39, 0.29) is 18.0 Å². The van der Waals surface area contributed by atoms with Gasteiger partial charge in [0.2, 0.25) is 0 Å². The van der Waals surface area contributed by atoms with Crippen LogP contribution in [-0.2, 0) is 11.3 Å². The molecule has 2 aromatic rings. The molecule has 0 aliphatic carbocycles. The van der Waals surface area contributed by atoms with E-state index in [1.54, 1.807) is 26.0 Å². The highest BCUT2D eigenvalue weighted by Crippen LogP contribution is 2.12. The molecule has 0 radical (unpaired) electrons. The zero-order valence-corrected chi connectivity index (χ0v) is 11.2. The van der Waals surface area contributed by atoms with Crippen molar-refractivity contribution in [2.45, 2.75) is 20.5 Å². The molecule has 20 heavy (non-hydrogen) atoms. The van der Waals surface area contributed by atoms with E-state index in [2.05, 4.69) is 4.98 Å². The van der Waals surface area contributed by atoms with Gasteiger partial charge in [-0.25, -0.2) is 9.18 Å². The number of aryl methyl sites for hydroxylation is 2. The van der Waals surface area contributed by atoms with Gasteiger partial charge in [0.05, 0.1) is 0 Å². The van der Waals surface area contributed by atoms with E-state index in [9.17, 15) is 14.0 Å². The number of aromatic nitrogens is 1. The van der Waals surface area contributed by atoms with Crippen LogP contribution in [0.1, 0.15) is 27.2 Å². The molecule has 2 rings (SSSR count). The van der Waals surface area contributed by atoms with Crippen LogP contribution >= 0.6 is 0 Å². The third-order valence-corrected chi connectivity index (χ3v) is 2.94. The van der Waals surface area contributed by atoms with Crippen molar-refractivity contribution in [1.82, 2.24) is 4.98 Å². The third kappa shape index (κ3) is 3.12. The lowest BCUT2D eigenvalue weighted by Gasteiger charge is -2.07. The fraction of sp³-hybridized carbons (Fsp3) is 0.200. The van der Waals surface area contributed by atoms with E-state index < -0.39 is 11.5 Å². The lowest BCUT2D eigenvalue weighted by molar-refractivity contribution is 0.0470. The summed E-state index contributed by atoms with van der Waals surface area (Å²) in [5.74, 6) is -1.04. The van der Waals surface area contributed by atoms with Crippen LogP contribution in [0.15, 0.2) is 35.1 Å². The molecule has 0 aliphatic rings. The molecule has 1 heterocycles.